The Kier molecular flexibility index (Phi) is 14.7. The molecule has 0 radical (unpaired) electrons. The number of nitrogens with zero attached hydrogens (tertiary/aromatic N) is 6. The SMILES string of the molecule is Cc1ncsc1-c1ccc(CNC(=O)[C@@H]2C[C@@H](O)CN2C(=O)C(C(C)C)N2Cc3cc(CCCCCOc4ccc(N5C(=S)N(c6ccc(C#N)c(C(F)(F)F)c6)C(=O)C5(C)C)cc4)ccc3C2=O)cc1. The number of nitriles is 1. The van der Waals surface area contributed by atoms with E-state index in [9.17, 15) is 42.7 Å². The van der Waals surface area contributed by atoms with Crippen LogP contribution in [0.25, 0.3) is 10.4 Å². The van der Waals surface area contributed by atoms with E-state index in [1.807, 2.05) is 68.7 Å². The average Bonchev–Trinajstić information content (AvgIpc) is 4.08. The number of unbranched alkanes of at least 4 members (excludes halogenated alkanes) is 2. The van der Waals surface area contributed by atoms with Gasteiger partial charge < -0.3 is 29.9 Å². The van der Waals surface area contributed by atoms with Crippen molar-refractivity contribution in [2.45, 2.75) is 110 Å². The number of thiazole rings is 1. The summed E-state index contributed by atoms with van der Waals surface area (Å²) in [4.78, 5) is 66.5. The van der Waals surface area contributed by atoms with E-state index < -0.39 is 46.9 Å². The van der Waals surface area contributed by atoms with Gasteiger partial charge in [0.05, 0.1) is 51.7 Å². The summed E-state index contributed by atoms with van der Waals surface area (Å²) >= 11 is 7.22. The van der Waals surface area contributed by atoms with Gasteiger partial charge in [0.15, 0.2) is 5.11 Å². The number of hydrogen-bond acceptors (Lipinski definition) is 10. The lowest BCUT2D eigenvalue weighted by atomic mass is 10.0. The van der Waals surface area contributed by atoms with E-state index in [0.717, 1.165) is 75.5 Å². The van der Waals surface area contributed by atoms with Gasteiger partial charge in [0, 0.05) is 37.3 Å². The molecule has 3 atom stereocenters. The lowest BCUT2D eigenvalue weighted by molar-refractivity contribution is -0.143. The zero-order valence-corrected chi connectivity index (χ0v) is 41.6. The first kappa shape index (κ1) is 50.7. The van der Waals surface area contributed by atoms with Crippen molar-refractivity contribution in [1.29, 1.82) is 5.26 Å². The molecular formula is C53H54F3N7O6S2. The number of anilines is 2. The number of carbonyl (C=O) groups excluding carboxylic acids is 4. The van der Waals surface area contributed by atoms with Crippen LogP contribution >= 0.6 is 23.6 Å². The highest BCUT2D eigenvalue weighted by molar-refractivity contribution is 7.81. The first-order chi connectivity index (χ1) is 33.8. The number of carbonyl (C=O) groups is 4. The minimum Gasteiger partial charge on any atom is -0.494 e. The minimum absolute atomic E-state index is 0.00119. The maximum absolute atomic E-state index is 14.4. The molecular weight excluding hydrogens is 952 g/mol. The first-order valence-electron chi connectivity index (χ1n) is 23.5. The van der Waals surface area contributed by atoms with Gasteiger partial charge in [0.25, 0.3) is 11.8 Å². The van der Waals surface area contributed by atoms with Crippen molar-refractivity contribution in [3.05, 3.63) is 130 Å². The maximum Gasteiger partial charge on any atom is 0.417 e. The number of halogens is 3. The summed E-state index contributed by atoms with van der Waals surface area (Å²) in [5.74, 6) is -1.15. The Balaban J connectivity index is 0.814. The van der Waals surface area contributed by atoms with Crippen molar-refractivity contribution in [3.8, 4) is 22.3 Å². The Morgan fingerprint density at radius 2 is 1.69 bits per heavy atom. The van der Waals surface area contributed by atoms with Gasteiger partial charge in [-0.3, -0.25) is 24.1 Å². The lowest BCUT2D eigenvalue weighted by Gasteiger charge is -2.35. The largest absolute Gasteiger partial charge is 0.494 e. The topological polar surface area (TPSA) is 159 Å². The predicted molar refractivity (Wildman–Crippen MR) is 267 cm³/mol. The van der Waals surface area contributed by atoms with Crippen LogP contribution in [0.3, 0.4) is 0 Å². The van der Waals surface area contributed by atoms with Crippen LogP contribution in [0.15, 0.2) is 90.4 Å². The molecule has 4 heterocycles. The molecule has 4 amide bonds. The van der Waals surface area contributed by atoms with Crippen LogP contribution in [-0.4, -0.2) is 85.5 Å². The number of amides is 4. The molecule has 1 aromatic heterocycles. The summed E-state index contributed by atoms with van der Waals surface area (Å²) in [6.07, 6.45) is -2.32. The van der Waals surface area contributed by atoms with Crippen LogP contribution in [0.2, 0.25) is 0 Å². The third-order valence-electron chi connectivity index (χ3n) is 13.3. The molecule has 13 nitrogen and oxygen atoms in total. The summed E-state index contributed by atoms with van der Waals surface area (Å²) < 4.78 is 47.3. The van der Waals surface area contributed by atoms with Crippen molar-refractivity contribution in [1.82, 2.24) is 20.1 Å². The molecule has 2 saturated heterocycles. The normalized spacial score (nSPS) is 18.1. The number of hydrogen-bond donors (Lipinski definition) is 2. The third kappa shape index (κ3) is 10.4. The second-order valence-electron chi connectivity index (χ2n) is 19.0. The summed E-state index contributed by atoms with van der Waals surface area (Å²) in [6.45, 7) is 9.95. The number of likely N-dealkylation sites (tertiary alicyclic amines) is 1. The molecule has 1 unspecified atom stereocenters. The average molecular weight is 1010 g/mol. The van der Waals surface area contributed by atoms with Crippen LogP contribution in [0.1, 0.15) is 97.2 Å². The quantitative estimate of drug-likeness (QED) is 0.0722. The number of β-amino-alcohol motifs (C(OH)–C–C–N with tert-alkyl or cyclic N) is 1. The second-order valence-corrected chi connectivity index (χ2v) is 20.2. The number of nitrogens with one attached hydrogen (secondary N) is 1. The monoisotopic (exact) mass is 1010 g/mol. The number of alkyl halides is 3. The maximum atomic E-state index is 14.4. The minimum atomic E-state index is -4.80. The van der Waals surface area contributed by atoms with Gasteiger partial charge in [-0.1, -0.05) is 50.2 Å². The fourth-order valence-corrected chi connectivity index (χ4v) is 11.0. The summed E-state index contributed by atoms with van der Waals surface area (Å²) in [7, 11) is 0. The van der Waals surface area contributed by atoms with E-state index in [1.165, 1.54) is 11.0 Å². The number of aliphatic hydroxyl groups is 1. The molecule has 370 valence electrons. The van der Waals surface area contributed by atoms with Gasteiger partial charge >= 0.3 is 6.18 Å². The number of thiocarbonyl (C=S) groups is 1. The lowest BCUT2D eigenvalue weighted by Crippen LogP contribution is -2.55. The van der Waals surface area contributed by atoms with Gasteiger partial charge in [0.2, 0.25) is 11.8 Å². The van der Waals surface area contributed by atoms with Crippen molar-refractivity contribution in [2.24, 2.45) is 5.92 Å². The van der Waals surface area contributed by atoms with E-state index >= 15 is 0 Å². The molecule has 18 heteroatoms. The number of fused-ring (bicyclic) bond motifs is 1. The number of aromatic nitrogens is 1. The number of ether oxygens (including phenoxy) is 1. The van der Waals surface area contributed by atoms with Crippen molar-refractivity contribution in [3.63, 3.8) is 0 Å². The molecule has 71 heavy (non-hydrogen) atoms. The van der Waals surface area contributed by atoms with Crippen LogP contribution in [-0.2, 0) is 40.1 Å². The fourth-order valence-electron chi connectivity index (χ4n) is 9.64. The zero-order valence-electron chi connectivity index (χ0n) is 40.0. The molecule has 2 N–H and O–H groups in total. The second kappa shape index (κ2) is 20.6. The van der Waals surface area contributed by atoms with E-state index in [0.29, 0.717) is 23.6 Å². The van der Waals surface area contributed by atoms with E-state index in [4.69, 9.17) is 17.0 Å². The summed E-state index contributed by atoms with van der Waals surface area (Å²) in [5, 5.41) is 22.9. The van der Waals surface area contributed by atoms with E-state index in [2.05, 4.69) is 10.3 Å². The molecule has 5 aromatic rings. The van der Waals surface area contributed by atoms with Crippen molar-refractivity contribution >= 4 is 63.7 Å². The van der Waals surface area contributed by atoms with Crippen LogP contribution in [0.5, 0.6) is 5.75 Å². The first-order valence-corrected chi connectivity index (χ1v) is 24.8. The number of aryl methyl sites for hydroxylation is 2. The molecule has 2 fully saturated rings. The molecule has 3 aliphatic heterocycles. The van der Waals surface area contributed by atoms with Gasteiger partial charge in [-0.15, -0.1) is 11.3 Å². The van der Waals surface area contributed by atoms with E-state index in [1.54, 1.807) is 65.3 Å². The number of aliphatic hydroxyl groups excluding tert-OH is 1. The standard InChI is InChI=1S/C53H54F3N7O6S2/c1-31(2)45(49(67)60-29-40(64)25-44(60)47(65)58-27-34-10-13-35(14-11-34)46-32(3)59-30-71-46)61-28-37-23-33(12-21-42(37)48(61)66)9-7-6-8-22-69-41-19-17-38(18-20-41)63-51(70)62(50(68)52(63,4)5)39-16-15-36(26-57)43(24-39)53(54,55)56/h10-21,23-24,30-31,40,44-45,64H,6-9,22,25,27-29H2,1-5H3,(H,58,65)/t40-,44+,45?/m1/s1. The van der Waals surface area contributed by atoms with Gasteiger partial charge in [-0.25, -0.2) is 4.98 Å². The third-order valence-corrected chi connectivity index (χ3v) is 14.7. The number of rotatable bonds is 16. The number of benzene rings is 4. The predicted octanol–water partition coefficient (Wildman–Crippen LogP) is 8.98. The van der Waals surface area contributed by atoms with Crippen LogP contribution in [0, 0.1) is 24.2 Å². The highest BCUT2D eigenvalue weighted by atomic mass is 32.1. The fraction of sp³-hybridized carbons (Fsp3) is 0.377. The Morgan fingerprint density at radius 1 is 0.986 bits per heavy atom. The van der Waals surface area contributed by atoms with Crippen LogP contribution < -0.4 is 19.9 Å². The Hall–Kier alpha value is -6.68. The molecule has 0 bridgehead atoms. The zero-order chi connectivity index (χ0) is 50.9. The smallest absolute Gasteiger partial charge is 0.417 e. The van der Waals surface area contributed by atoms with Crippen molar-refractivity contribution < 1.29 is 42.2 Å². The molecule has 0 saturated carbocycles. The molecule has 8 rings (SSSR count). The Bertz CT molecular complexity index is 2900. The summed E-state index contributed by atoms with van der Waals surface area (Å²) in [5.41, 5.74) is 4.69. The highest BCUT2D eigenvalue weighted by Gasteiger charge is 2.51. The molecule has 3 aliphatic rings. The summed E-state index contributed by atoms with van der Waals surface area (Å²) in [6, 6.07) is 23.5. The van der Waals surface area contributed by atoms with Gasteiger partial charge in [-0.05, 0) is 135 Å². The highest BCUT2D eigenvalue weighted by Crippen LogP contribution is 2.40. The van der Waals surface area contributed by atoms with E-state index in [-0.39, 0.29) is 60.5 Å². The Morgan fingerprint density at radius 3 is 2.35 bits per heavy atom. The van der Waals surface area contributed by atoms with Crippen LogP contribution in [0.4, 0.5) is 24.5 Å². The molecule has 4 aromatic carbocycles. The molecule has 0 aliphatic carbocycles. The van der Waals surface area contributed by atoms with Gasteiger partial charge in [0.1, 0.15) is 23.4 Å². The van der Waals surface area contributed by atoms with Gasteiger partial charge in [-0.2, -0.15) is 18.4 Å². The Labute approximate surface area is 419 Å². The molecule has 0 spiro atoms. The van der Waals surface area contributed by atoms with Crippen molar-refractivity contribution in [2.75, 3.05) is 23.0 Å².